The first-order valence-electron chi connectivity index (χ1n) is 23.5. The minimum Gasteiger partial charge on any atom is -0.508 e. The molecule has 2 nitrogen and oxygen atoms in total. The first-order valence-corrected chi connectivity index (χ1v) is 24.2. The molecule has 0 saturated carbocycles. The Hall–Kier alpha value is -2.16. The highest BCUT2D eigenvalue weighted by molar-refractivity contribution is 6.31. The van der Waals surface area contributed by atoms with E-state index in [0.29, 0.717) is 34.4 Å². The Morgan fingerprint density at radius 2 is 0.589 bits per heavy atom. The van der Waals surface area contributed by atoms with Crippen molar-refractivity contribution in [3.8, 4) is 11.5 Å². The van der Waals surface area contributed by atoms with E-state index in [1.54, 1.807) is 41.0 Å². The number of phenolic OH excluding ortho intramolecular Hbond substituents is 2. The number of hydrogen-bond acceptors (Lipinski definition) is 2. The molecule has 314 valence electrons. The molecular weight excluding hydrogens is 727 g/mol. The molecule has 3 rings (SSSR count). The van der Waals surface area contributed by atoms with E-state index in [-0.39, 0.29) is 0 Å². The van der Waals surface area contributed by atoms with Crippen LogP contribution in [0.15, 0.2) is 36.4 Å². The molecule has 2 N–H and O–H groups in total. The molecule has 0 atom stereocenters. The molecule has 0 heterocycles. The number of halogens is 2. The second kappa shape index (κ2) is 29.1. The van der Waals surface area contributed by atoms with Crippen LogP contribution in [0.5, 0.6) is 11.5 Å². The van der Waals surface area contributed by atoms with E-state index in [1.807, 2.05) is 12.1 Å². The Bertz CT molecular complexity index is 1420. The molecule has 0 fully saturated rings. The lowest BCUT2D eigenvalue weighted by Gasteiger charge is -2.29. The van der Waals surface area contributed by atoms with Gasteiger partial charge in [0, 0.05) is 22.9 Å². The van der Waals surface area contributed by atoms with E-state index >= 15 is 0 Å². The number of rotatable bonds is 32. The Balaban J connectivity index is 2.30. The van der Waals surface area contributed by atoms with Gasteiger partial charge in [0.1, 0.15) is 11.5 Å². The van der Waals surface area contributed by atoms with Crippen molar-refractivity contribution in [3.05, 3.63) is 91.0 Å². The zero-order valence-corrected chi connectivity index (χ0v) is 37.8. The molecule has 0 spiro atoms. The van der Waals surface area contributed by atoms with Gasteiger partial charge in [-0.3, -0.25) is 0 Å². The van der Waals surface area contributed by atoms with Crippen LogP contribution in [0, 0.1) is 0 Å². The Kier molecular flexibility index (Phi) is 25.1. The van der Waals surface area contributed by atoms with E-state index in [0.717, 1.165) is 43.2 Å². The number of aromatic hydroxyl groups is 2. The van der Waals surface area contributed by atoms with E-state index < -0.39 is 0 Å². The zero-order valence-electron chi connectivity index (χ0n) is 36.3. The van der Waals surface area contributed by atoms with E-state index in [4.69, 9.17) is 23.2 Å². The normalized spacial score (nSPS) is 11.5. The van der Waals surface area contributed by atoms with E-state index in [1.165, 1.54) is 164 Å². The van der Waals surface area contributed by atoms with Gasteiger partial charge in [0.2, 0.25) is 0 Å². The summed E-state index contributed by atoms with van der Waals surface area (Å²) in [6.45, 7) is 9.19. The van der Waals surface area contributed by atoms with Gasteiger partial charge in [-0.2, -0.15) is 0 Å². The van der Waals surface area contributed by atoms with Gasteiger partial charge in [0.15, 0.2) is 0 Å². The van der Waals surface area contributed by atoms with Gasteiger partial charge < -0.3 is 10.2 Å². The monoisotopic (exact) mass is 807 g/mol. The van der Waals surface area contributed by atoms with Crippen molar-refractivity contribution in [1.82, 2.24) is 0 Å². The second-order valence-corrected chi connectivity index (χ2v) is 17.7. The first kappa shape index (κ1) is 48.2. The van der Waals surface area contributed by atoms with Gasteiger partial charge in [0.25, 0.3) is 0 Å². The highest BCUT2D eigenvalue weighted by Gasteiger charge is 2.25. The van der Waals surface area contributed by atoms with Crippen LogP contribution in [-0.4, -0.2) is 10.2 Å². The topological polar surface area (TPSA) is 40.5 Å². The van der Waals surface area contributed by atoms with Crippen molar-refractivity contribution >= 4 is 23.2 Å². The molecule has 0 radical (unpaired) electrons. The van der Waals surface area contributed by atoms with Crippen LogP contribution in [0.25, 0.3) is 0 Å². The summed E-state index contributed by atoms with van der Waals surface area (Å²) in [7, 11) is 0. The summed E-state index contributed by atoms with van der Waals surface area (Å²) >= 11 is 13.3. The summed E-state index contributed by atoms with van der Waals surface area (Å²) in [5, 5.41) is 24.0. The smallest absolute Gasteiger partial charge is 0.119 e. The predicted molar refractivity (Wildman–Crippen MR) is 247 cm³/mol. The molecule has 3 aromatic carbocycles. The van der Waals surface area contributed by atoms with Crippen LogP contribution in [-0.2, 0) is 38.5 Å². The maximum Gasteiger partial charge on any atom is 0.119 e. The summed E-state index contributed by atoms with van der Waals surface area (Å²) in [6.07, 6.45) is 36.1. The molecule has 0 aliphatic heterocycles. The maximum atomic E-state index is 11.3. The van der Waals surface area contributed by atoms with Gasteiger partial charge >= 0.3 is 0 Å². The molecule has 0 aliphatic carbocycles. The van der Waals surface area contributed by atoms with Crippen molar-refractivity contribution in [2.24, 2.45) is 0 Å². The lowest BCUT2D eigenvalue weighted by Crippen LogP contribution is -2.16. The van der Waals surface area contributed by atoms with Crippen molar-refractivity contribution in [2.75, 3.05) is 0 Å². The third-order valence-corrected chi connectivity index (χ3v) is 12.6. The van der Waals surface area contributed by atoms with Gasteiger partial charge in [0.05, 0.1) is 0 Å². The minimum absolute atomic E-state index is 0.327. The second-order valence-electron chi connectivity index (χ2n) is 16.8. The zero-order chi connectivity index (χ0) is 40.4. The first-order chi connectivity index (χ1) is 27.3. The molecule has 4 heteroatoms. The highest BCUT2D eigenvalue weighted by Crippen LogP contribution is 2.39. The molecule has 56 heavy (non-hydrogen) atoms. The summed E-state index contributed by atoms with van der Waals surface area (Å²) < 4.78 is 0. The summed E-state index contributed by atoms with van der Waals surface area (Å²) in [4.78, 5) is 0. The molecule has 3 aromatic rings. The predicted octanol–water partition coefficient (Wildman–Crippen LogP) is 17.2. The van der Waals surface area contributed by atoms with Gasteiger partial charge in [-0.1, -0.05) is 179 Å². The molecule has 0 aromatic heterocycles. The third-order valence-electron chi connectivity index (χ3n) is 12.1. The fourth-order valence-electron chi connectivity index (χ4n) is 8.83. The van der Waals surface area contributed by atoms with Crippen LogP contribution in [0.1, 0.15) is 226 Å². The van der Waals surface area contributed by atoms with Gasteiger partial charge in [-0.15, -0.1) is 0 Å². The van der Waals surface area contributed by atoms with Crippen LogP contribution < -0.4 is 0 Å². The van der Waals surface area contributed by atoms with Crippen molar-refractivity contribution < 1.29 is 10.2 Å². The summed E-state index contributed by atoms with van der Waals surface area (Å²) in [6, 6.07) is 11.1. The number of unbranched alkanes of at least 4 members (excludes halogenated alkanes) is 20. The van der Waals surface area contributed by atoms with Crippen LogP contribution >= 0.6 is 23.2 Å². The van der Waals surface area contributed by atoms with Crippen LogP contribution in [0.4, 0.5) is 0 Å². The number of benzene rings is 3. The average Bonchev–Trinajstić information content (AvgIpc) is 3.19. The fourth-order valence-corrected chi connectivity index (χ4v) is 9.22. The average molecular weight is 808 g/mol. The Morgan fingerprint density at radius 1 is 0.339 bits per heavy atom. The molecule has 0 bridgehead atoms. The van der Waals surface area contributed by atoms with E-state index in [2.05, 4.69) is 27.7 Å². The quantitative estimate of drug-likeness (QED) is 0.0617. The number of phenols is 2. The standard InChI is InChI=1S/C52H80Cl2O2/c1-5-9-13-17-21-25-29-45-46(30-26-22-18-14-10-6-2)49(39-41-37-43(53)33-35-51(41)55)48(32-28-24-20-16-12-8-4)50(40-42-38-44(54)34-36-52(42)56)47(45)31-27-23-19-15-11-7-3/h33-38,55-56H,5-32,39-40H2,1-4H3. The SMILES string of the molecule is CCCCCCCCc1c(CCCCCCCC)c(Cc2cc(Cl)ccc2O)c(CCCCCCCC)c(Cc2cc(Cl)ccc2O)c1CCCCCCCC. The lowest BCUT2D eigenvalue weighted by atomic mass is 9.76. The Labute approximate surface area is 354 Å². The highest BCUT2D eigenvalue weighted by atomic mass is 35.5. The maximum absolute atomic E-state index is 11.3. The largest absolute Gasteiger partial charge is 0.508 e. The summed E-state index contributed by atoms with van der Waals surface area (Å²) in [5.41, 5.74) is 10.9. The van der Waals surface area contributed by atoms with Crippen LogP contribution in [0.2, 0.25) is 10.0 Å². The molecule has 0 aliphatic rings. The lowest BCUT2D eigenvalue weighted by molar-refractivity contribution is 0.469. The fraction of sp³-hybridized carbons (Fsp3) is 0.654. The van der Waals surface area contributed by atoms with Crippen molar-refractivity contribution in [3.63, 3.8) is 0 Å². The van der Waals surface area contributed by atoms with Crippen molar-refractivity contribution in [2.45, 2.75) is 220 Å². The van der Waals surface area contributed by atoms with Crippen molar-refractivity contribution in [1.29, 1.82) is 0 Å². The van der Waals surface area contributed by atoms with Gasteiger partial charge in [-0.25, -0.2) is 0 Å². The third kappa shape index (κ3) is 17.4. The summed E-state index contributed by atoms with van der Waals surface area (Å²) in [5.74, 6) is 0.654. The molecule has 0 unspecified atom stereocenters. The van der Waals surface area contributed by atoms with E-state index in [9.17, 15) is 10.2 Å². The van der Waals surface area contributed by atoms with Crippen LogP contribution in [0.3, 0.4) is 0 Å². The molecular formula is C52H80Cl2O2. The molecule has 0 saturated heterocycles. The Morgan fingerprint density at radius 3 is 0.893 bits per heavy atom. The minimum atomic E-state index is 0.327. The molecule has 0 amide bonds. The number of hydrogen-bond donors (Lipinski definition) is 2. The van der Waals surface area contributed by atoms with Gasteiger partial charge in [-0.05, 0) is 132 Å².